The predicted molar refractivity (Wildman–Crippen MR) is 73.0 cm³/mol. The van der Waals surface area contributed by atoms with Crippen LogP contribution in [0, 0.1) is 5.82 Å². The number of carbonyl (C=O) groups excluding carboxylic acids is 1. The van der Waals surface area contributed by atoms with E-state index in [2.05, 4.69) is 26.2 Å². The highest BCUT2D eigenvalue weighted by molar-refractivity contribution is 9.10. The van der Waals surface area contributed by atoms with Crippen LogP contribution in [0.3, 0.4) is 0 Å². The Bertz CT molecular complexity index is 624. The zero-order chi connectivity index (χ0) is 14.0. The van der Waals surface area contributed by atoms with Gasteiger partial charge < -0.3 is 0 Å². The van der Waals surface area contributed by atoms with Gasteiger partial charge in [-0.1, -0.05) is 35.0 Å². The van der Waals surface area contributed by atoms with Crippen molar-refractivity contribution in [3.63, 3.8) is 0 Å². The van der Waals surface area contributed by atoms with E-state index in [1.807, 2.05) is 6.92 Å². The van der Waals surface area contributed by atoms with Crippen LogP contribution >= 0.6 is 15.9 Å². The van der Waals surface area contributed by atoms with Crippen LogP contribution in [0.1, 0.15) is 36.5 Å². The lowest BCUT2D eigenvalue weighted by Crippen LogP contribution is -2.07. The number of rotatable bonds is 4. The molecule has 0 N–H and O–H groups in total. The number of hydrogen-bond acceptors (Lipinski definition) is 3. The molecule has 0 fully saturated rings. The lowest BCUT2D eigenvalue weighted by Gasteiger charge is -2.07. The normalized spacial score (nSPS) is 10.7. The van der Waals surface area contributed by atoms with Crippen molar-refractivity contribution in [3.05, 3.63) is 39.9 Å². The van der Waals surface area contributed by atoms with Crippen LogP contribution in [0.25, 0.3) is 5.69 Å². The Morgan fingerprint density at radius 1 is 1.42 bits per heavy atom. The van der Waals surface area contributed by atoms with Crippen LogP contribution in [0.4, 0.5) is 4.39 Å². The summed E-state index contributed by atoms with van der Waals surface area (Å²) in [7, 11) is 0. The summed E-state index contributed by atoms with van der Waals surface area (Å²) in [4.78, 5) is 11.8. The monoisotopic (exact) mass is 325 g/mol. The van der Waals surface area contributed by atoms with Crippen LogP contribution in [0.15, 0.2) is 22.7 Å². The van der Waals surface area contributed by atoms with E-state index in [4.69, 9.17) is 0 Å². The third-order valence-electron chi connectivity index (χ3n) is 2.82. The molecule has 0 saturated carbocycles. The molecule has 1 heterocycles. The fourth-order valence-electron chi connectivity index (χ4n) is 1.84. The number of halogens is 2. The number of aromatic nitrogens is 3. The van der Waals surface area contributed by atoms with Crippen molar-refractivity contribution >= 4 is 21.7 Å². The first kappa shape index (κ1) is 13.9. The van der Waals surface area contributed by atoms with Gasteiger partial charge in [0, 0.05) is 10.9 Å². The first-order valence-corrected chi connectivity index (χ1v) is 6.81. The van der Waals surface area contributed by atoms with Gasteiger partial charge in [-0.3, -0.25) is 4.79 Å². The molecule has 4 nitrogen and oxygen atoms in total. The molecule has 2 rings (SSSR count). The quantitative estimate of drug-likeness (QED) is 0.810. The summed E-state index contributed by atoms with van der Waals surface area (Å²) >= 11 is 3.29. The highest BCUT2D eigenvalue weighted by Gasteiger charge is 2.19. The minimum Gasteiger partial charge on any atom is -0.292 e. The Balaban J connectivity index is 2.60. The van der Waals surface area contributed by atoms with Crippen molar-refractivity contribution in [2.75, 3.05) is 0 Å². The van der Waals surface area contributed by atoms with Gasteiger partial charge in [0.1, 0.15) is 11.5 Å². The van der Waals surface area contributed by atoms with E-state index in [1.165, 1.54) is 10.7 Å². The Hall–Kier alpha value is -1.56. The van der Waals surface area contributed by atoms with E-state index in [9.17, 15) is 9.18 Å². The number of carbonyl (C=O) groups is 1. The lowest BCUT2D eigenvalue weighted by atomic mass is 10.1. The van der Waals surface area contributed by atoms with Gasteiger partial charge in [0.05, 0.1) is 5.69 Å². The lowest BCUT2D eigenvalue weighted by molar-refractivity contribution is 0.0982. The van der Waals surface area contributed by atoms with E-state index in [-0.39, 0.29) is 11.5 Å². The van der Waals surface area contributed by atoms with Gasteiger partial charge >= 0.3 is 0 Å². The van der Waals surface area contributed by atoms with E-state index in [0.29, 0.717) is 24.2 Å². The van der Waals surface area contributed by atoms with E-state index >= 15 is 0 Å². The third kappa shape index (κ3) is 2.58. The Morgan fingerprint density at radius 3 is 2.79 bits per heavy atom. The average molecular weight is 326 g/mol. The van der Waals surface area contributed by atoms with Gasteiger partial charge in [-0.25, -0.2) is 9.07 Å². The SMILES string of the molecule is CCC(=O)c1nnn(-c2cc(Br)ccc2F)c1CC. The molecule has 2 aromatic rings. The van der Waals surface area contributed by atoms with Gasteiger partial charge in [-0.05, 0) is 24.6 Å². The van der Waals surface area contributed by atoms with Crippen molar-refractivity contribution in [3.8, 4) is 5.69 Å². The molecular formula is C13H13BrFN3O. The second-order valence-corrected chi connectivity index (χ2v) is 4.94. The molecule has 19 heavy (non-hydrogen) atoms. The maximum absolute atomic E-state index is 13.9. The molecule has 0 aliphatic rings. The molecule has 0 aliphatic carbocycles. The highest BCUT2D eigenvalue weighted by atomic mass is 79.9. The second-order valence-electron chi connectivity index (χ2n) is 4.02. The summed E-state index contributed by atoms with van der Waals surface area (Å²) in [6.45, 7) is 3.65. The molecule has 100 valence electrons. The molecule has 1 aromatic heterocycles. The van der Waals surface area contributed by atoms with Crippen LogP contribution in [-0.4, -0.2) is 20.8 Å². The first-order chi connectivity index (χ1) is 9.08. The number of ketones is 1. The summed E-state index contributed by atoms with van der Waals surface area (Å²) in [5.41, 5.74) is 1.24. The third-order valence-corrected chi connectivity index (χ3v) is 3.31. The summed E-state index contributed by atoms with van der Waals surface area (Å²) in [6.07, 6.45) is 0.909. The molecule has 6 heteroatoms. The number of Topliss-reactive ketones (excluding diaryl/α,β-unsaturated/α-hetero) is 1. The van der Waals surface area contributed by atoms with Crippen LogP contribution < -0.4 is 0 Å². The second kappa shape index (κ2) is 5.61. The first-order valence-electron chi connectivity index (χ1n) is 6.01. The Labute approximate surface area is 118 Å². The highest BCUT2D eigenvalue weighted by Crippen LogP contribution is 2.21. The number of nitrogens with zero attached hydrogens (tertiary/aromatic N) is 3. The van der Waals surface area contributed by atoms with Gasteiger partial charge in [0.2, 0.25) is 0 Å². The average Bonchev–Trinajstić information content (AvgIpc) is 2.84. The van der Waals surface area contributed by atoms with E-state index in [0.717, 1.165) is 4.47 Å². The van der Waals surface area contributed by atoms with Gasteiger partial charge in [0.25, 0.3) is 0 Å². The Morgan fingerprint density at radius 2 is 2.16 bits per heavy atom. The largest absolute Gasteiger partial charge is 0.292 e. The summed E-state index contributed by atoms with van der Waals surface area (Å²) in [5.74, 6) is -0.489. The standard InChI is InChI=1S/C13H13BrFN3O/c1-3-10-13(12(19)4-2)16-17-18(10)11-7-8(14)5-6-9(11)15/h5-7H,3-4H2,1-2H3. The van der Waals surface area contributed by atoms with Crippen LogP contribution in [0.2, 0.25) is 0 Å². The minimum atomic E-state index is -0.404. The minimum absolute atomic E-state index is 0.0847. The molecule has 0 aliphatic heterocycles. The zero-order valence-corrected chi connectivity index (χ0v) is 12.2. The number of hydrogen-bond donors (Lipinski definition) is 0. The van der Waals surface area contributed by atoms with E-state index < -0.39 is 5.82 Å². The fourth-order valence-corrected chi connectivity index (χ4v) is 2.19. The van der Waals surface area contributed by atoms with Gasteiger partial charge in [0.15, 0.2) is 11.5 Å². The predicted octanol–water partition coefficient (Wildman–Crippen LogP) is 3.32. The van der Waals surface area contributed by atoms with Crippen LogP contribution in [-0.2, 0) is 6.42 Å². The van der Waals surface area contributed by atoms with Crippen molar-refractivity contribution in [1.29, 1.82) is 0 Å². The van der Waals surface area contributed by atoms with Gasteiger partial charge in [-0.2, -0.15) is 0 Å². The maximum atomic E-state index is 13.9. The van der Waals surface area contributed by atoms with Crippen molar-refractivity contribution in [1.82, 2.24) is 15.0 Å². The van der Waals surface area contributed by atoms with Crippen molar-refractivity contribution < 1.29 is 9.18 Å². The summed E-state index contributed by atoms with van der Waals surface area (Å²) in [6, 6.07) is 4.57. The zero-order valence-electron chi connectivity index (χ0n) is 10.7. The van der Waals surface area contributed by atoms with E-state index in [1.54, 1.807) is 19.1 Å². The fraction of sp³-hybridized carbons (Fsp3) is 0.308. The van der Waals surface area contributed by atoms with Crippen molar-refractivity contribution in [2.24, 2.45) is 0 Å². The molecule has 0 atom stereocenters. The van der Waals surface area contributed by atoms with Gasteiger partial charge in [-0.15, -0.1) is 5.10 Å². The molecular weight excluding hydrogens is 313 g/mol. The molecule has 0 saturated heterocycles. The topological polar surface area (TPSA) is 47.8 Å². The molecule has 0 unspecified atom stereocenters. The Kier molecular flexibility index (Phi) is 4.09. The summed E-state index contributed by atoms with van der Waals surface area (Å²) < 4.78 is 16.0. The number of benzene rings is 1. The molecule has 0 radical (unpaired) electrons. The molecule has 0 bridgehead atoms. The van der Waals surface area contributed by atoms with Crippen LogP contribution in [0.5, 0.6) is 0 Å². The molecule has 1 aromatic carbocycles. The smallest absolute Gasteiger partial charge is 0.184 e. The van der Waals surface area contributed by atoms with Crippen molar-refractivity contribution in [2.45, 2.75) is 26.7 Å². The maximum Gasteiger partial charge on any atom is 0.184 e. The molecule has 0 spiro atoms. The molecule has 0 amide bonds. The summed E-state index contributed by atoms with van der Waals surface area (Å²) in [5, 5.41) is 7.80.